The number of likely N-dealkylation sites (tertiary alicyclic amines) is 1. The predicted octanol–water partition coefficient (Wildman–Crippen LogP) is 1.72. The second-order valence-electron chi connectivity index (χ2n) is 4.20. The number of hydrogen-bond donors (Lipinski definition) is 1. The number of carbonyl (C=O) groups excluding carboxylic acids is 1. The molecule has 0 aromatic heterocycles. The predicted molar refractivity (Wildman–Crippen MR) is 67.2 cm³/mol. The van der Waals surface area contributed by atoms with E-state index in [4.69, 9.17) is 0 Å². The van der Waals surface area contributed by atoms with Gasteiger partial charge >= 0.3 is 0 Å². The maximum atomic E-state index is 10.3. The Morgan fingerprint density at radius 1 is 1.38 bits per heavy atom. The Bertz CT molecular complexity index is 263. The molecule has 0 spiro atoms. The van der Waals surface area contributed by atoms with Gasteiger partial charge in [-0.05, 0) is 32.3 Å². The molecule has 90 valence electrons. The fourth-order valence-electron chi connectivity index (χ4n) is 2.07. The van der Waals surface area contributed by atoms with Crippen molar-refractivity contribution in [3.8, 4) is 0 Å². The molecule has 1 heterocycles. The standard InChI is InChI=1S/C13H22N2O/c1-3-5-12(4-2)10-15-8-6-13(7-9-15)14-11-16/h3-5,11,13H,6-10H2,1-2H3,(H,14,16)/b5-3-,12-4+. The zero-order valence-electron chi connectivity index (χ0n) is 10.3. The first kappa shape index (κ1) is 13.0. The van der Waals surface area contributed by atoms with E-state index < -0.39 is 0 Å². The molecule has 0 aromatic rings. The van der Waals surface area contributed by atoms with Crippen molar-refractivity contribution in [3.63, 3.8) is 0 Å². The topological polar surface area (TPSA) is 32.3 Å². The van der Waals surface area contributed by atoms with Gasteiger partial charge in [-0.25, -0.2) is 0 Å². The normalized spacial score (nSPS) is 20.2. The summed E-state index contributed by atoms with van der Waals surface area (Å²) in [5, 5.41) is 2.86. The molecule has 3 heteroatoms. The molecule has 0 aromatic carbocycles. The van der Waals surface area contributed by atoms with Gasteiger partial charge in [0.25, 0.3) is 0 Å². The van der Waals surface area contributed by atoms with Crippen molar-refractivity contribution in [3.05, 3.63) is 23.8 Å². The molecule has 0 aliphatic carbocycles. The summed E-state index contributed by atoms with van der Waals surface area (Å²) in [5.74, 6) is 0. The first-order chi connectivity index (χ1) is 7.80. The van der Waals surface area contributed by atoms with Gasteiger partial charge in [0, 0.05) is 25.7 Å². The second kappa shape index (κ2) is 7.23. The molecule has 1 amide bonds. The Morgan fingerprint density at radius 3 is 2.56 bits per heavy atom. The van der Waals surface area contributed by atoms with Gasteiger partial charge in [-0.15, -0.1) is 0 Å². The number of hydrogen-bond acceptors (Lipinski definition) is 2. The average Bonchev–Trinajstić information content (AvgIpc) is 2.31. The highest BCUT2D eigenvalue weighted by molar-refractivity contribution is 5.46. The summed E-state index contributed by atoms with van der Waals surface area (Å²) in [6, 6.07) is 0.379. The Balaban J connectivity index is 2.33. The van der Waals surface area contributed by atoms with E-state index in [1.54, 1.807) is 0 Å². The van der Waals surface area contributed by atoms with E-state index in [0.717, 1.165) is 38.9 Å². The minimum atomic E-state index is 0.379. The first-order valence-electron chi connectivity index (χ1n) is 6.00. The number of amides is 1. The van der Waals surface area contributed by atoms with E-state index in [-0.39, 0.29) is 0 Å². The van der Waals surface area contributed by atoms with Crippen LogP contribution in [0.5, 0.6) is 0 Å². The number of rotatable bonds is 5. The zero-order valence-corrected chi connectivity index (χ0v) is 10.3. The van der Waals surface area contributed by atoms with Crippen LogP contribution in [0.15, 0.2) is 23.8 Å². The lowest BCUT2D eigenvalue weighted by molar-refractivity contribution is -0.110. The fourth-order valence-corrected chi connectivity index (χ4v) is 2.07. The lowest BCUT2D eigenvalue weighted by Gasteiger charge is -2.31. The van der Waals surface area contributed by atoms with Crippen LogP contribution in [-0.4, -0.2) is 37.0 Å². The highest BCUT2D eigenvalue weighted by Crippen LogP contribution is 2.12. The molecule has 1 N–H and O–H groups in total. The van der Waals surface area contributed by atoms with Gasteiger partial charge in [0.1, 0.15) is 0 Å². The molecule has 3 nitrogen and oxygen atoms in total. The molecule has 1 fully saturated rings. The largest absolute Gasteiger partial charge is 0.356 e. The Labute approximate surface area is 98.2 Å². The molecule has 1 rings (SSSR count). The monoisotopic (exact) mass is 222 g/mol. The van der Waals surface area contributed by atoms with E-state index in [9.17, 15) is 4.79 Å². The van der Waals surface area contributed by atoms with Crippen LogP contribution in [0.4, 0.5) is 0 Å². The maximum Gasteiger partial charge on any atom is 0.207 e. The molecule has 1 aliphatic rings. The van der Waals surface area contributed by atoms with E-state index in [0.29, 0.717) is 6.04 Å². The van der Waals surface area contributed by atoms with Gasteiger partial charge in [0.2, 0.25) is 6.41 Å². The van der Waals surface area contributed by atoms with Crippen LogP contribution in [0, 0.1) is 0 Å². The third-order valence-corrected chi connectivity index (χ3v) is 3.05. The molecule has 16 heavy (non-hydrogen) atoms. The summed E-state index contributed by atoms with van der Waals surface area (Å²) < 4.78 is 0. The fraction of sp³-hybridized carbons (Fsp3) is 0.615. The smallest absolute Gasteiger partial charge is 0.207 e. The molecule has 0 unspecified atom stereocenters. The van der Waals surface area contributed by atoms with E-state index in [1.165, 1.54) is 5.57 Å². The van der Waals surface area contributed by atoms with Gasteiger partial charge < -0.3 is 5.32 Å². The van der Waals surface area contributed by atoms with Crippen LogP contribution < -0.4 is 5.32 Å². The molecule has 1 saturated heterocycles. The van der Waals surface area contributed by atoms with E-state index in [1.807, 2.05) is 6.92 Å². The number of allylic oxidation sites excluding steroid dienone is 2. The van der Waals surface area contributed by atoms with Crippen molar-refractivity contribution in [1.82, 2.24) is 10.2 Å². The number of nitrogens with one attached hydrogen (secondary N) is 1. The number of carbonyl (C=O) groups is 1. The molecule has 0 bridgehead atoms. The molecular weight excluding hydrogens is 200 g/mol. The summed E-state index contributed by atoms with van der Waals surface area (Å²) in [5.41, 5.74) is 1.37. The second-order valence-corrected chi connectivity index (χ2v) is 4.20. The SMILES string of the molecule is C/C=C\C(=C/C)CN1CCC(NC=O)CC1. The molecular formula is C13H22N2O. The quantitative estimate of drug-likeness (QED) is 0.567. The van der Waals surface area contributed by atoms with Gasteiger partial charge in [0.05, 0.1) is 0 Å². The van der Waals surface area contributed by atoms with Crippen molar-refractivity contribution < 1.29 is 4.79 Å². The summed E-state index contributed by atoms with van der Waals surface area (Å²) >= 11 is 0. The van der Waals surface area contributed by atoms with Gasteiger partial charge in [-0.1, -0.05) is 18.2 Å². The van der Waals surface area contributed by atoms with E-state index in [2.05, 4.69) is 35.4 Å². The Morgan fingerprint density at radius 2 is 2.06 bits per heavy atom. The van der Waals surface area contributed by atoms with Crippen molar-refractivity contribution in [2.24, 2.45) is 0 Å². The van der Waals surface area contributed by atoms with Crippen molar-refractivity contribution in [2.75, 3.05) is 19.6 Å². The highest BCUT2D eigenvalue weighted by Gasteiger charge is 2.18. The van der Waals surface area contributed by atoms with Crippen LogP contribution in [-0.2, 0) is 4.79 Å². The van der Waals surface area contributed by atoms with Gasteiger partial charge in [-0.2, -0.15) is 0 Å². The maximum absolute atomic E-state index is 10.3. The lowest BCUT2D eigenvalue weighted by atomic mass is 10.0. The molecule has 0 atom stereocenters. The van der Waals surface area contributed by atoms with Crippen LogP contribution in [0.3, 0.4) is 0 Å². The third kappa shape index (κ3) is 4.19. The number of nitrogens with zero attached hydrogens (tertiary/aromatic N) is 1. The van der Waals surface area contributed by atoms with Gasteiger partial charge in [-0.3, -0.25) is 9.69 Å². The zero-order chi connectivity index (χ0) is 11.8. The number of piperidine rings is 1. The third-order valence-electron chi connectivity index (χ3n) is 3.05. The average molecular weight is 222 g/mol. The molecule has 0 radical (unpaired) electrons. The van der Waals surface area contributed by atoms with Crippen LogP contribution >= 0.6 is 0 Å². The van der Waals surface area contributed by atoms with Crippen LogP contribution in [0.1, 0.15) is 26.7 Å². The summed E-state index contributed by atoms with van der Waals surface area (Å²) in [6.45, 7) is 7.29. The lowest BCUT2D eigenvalue weighted by Crippen LogP contribution is -2.42. The Hall–Kier alpha value is -1.09. The summed E-state index contributed by atoms with van der Waals surface area (Å²) in [4.78, 5) is 12.8. The van der Waals surface area contributed by atoms with Crippen molar-refractivity contribution >= 4 is 6.41 Å². The minimum Gasteiger partial charge on any atom is -0.356 e. The van der Waals surface area contributed by atoms with Crippen LogP contribution in [0.25, 0.3) is 0 Å². The van der Waals surface area contributed by atoms with Crippen molar-refractivity contribution in [2.45, 2.75) is 32.7 Å². The van der Waals surface area contributed by atoms with Crippen molar-refractivity contribution in [1.29, 1.82) is 0 Å². The molecule has 1 aliphatic heterocycles. The first-order valence-corrected chi connectivity index (χ1v) is 6.00. The summed E-state index contributed by atoms with van der Waals surface area (Å²) in [6.07, 6.45) is 9.34. The molecule has 0 saturated carbocycles. The summed E-state index contributed by atoms with van der Waals surface area (Å²) in [7, 11) is 0. The van der Waals surface area contributed by atoms with Gasteiger partial charge in [0.15, 0.2) is 0 Å². The van der Waals surface area contributed by atoms with E-state index >= 15 is 0 Å². The highest BCUT2D eigenvalue weighted by atomic mass is 16.1. The Kier molecular flexibility index (Phi) is 5.86. The van der Waals surface area contributed by atoms with Crippen LogP contribution in [0.2, 0.25) is 0 Å². The minimum absolute atomic E-state index is 0.379.